The molecule has 134 valence electrons. The number of hydrogen-bond acceptors (Lipinski definition) is 3. The maximum absolute atomic E-state index is 15.0. The molecule has 4 rings (SSSR count). The van der Waals surface area contributed by atoms with Crippen LogP contribution in [0.25, 0.3) is 16.6 Å². The molecule has 0 bridgehead atoms. The van der Waals surface area contributed by atoms with Crippen molar-refractivity contribution < 1.29 is 13.6 Å². The summed E-state index contributed by atoms with van der Waals surface area (Å²) in [4.78, 5) is 11.5. The van der Waals surface area contributed by atoms with Crippen molar-refractivity contribution in [3.05, 3.63) is 59.5 Å². The molecule has 0 saturated carbocycles. The zero-order chi connectivity index (χ0) is 18.3. The third-order valence-corrected chi connectivity index (χ3v) is 4.87. The number of rotatable bonds is 3. The smallest absolute Gasteiger partial charge is 0.250 e. The molecule has 1 saturated heterocycles. The van der Waals surface area contributed by atoms with Gasteiger partial charge >= 0.3 is 0 Å². The van der Waals surface area contributed by atoms with E-state index in [2.05, 4.69) is 10.4 Å². The summed E-state index contributed by atoms with van der Waals surface area (Å²) in [5.74, 6) is -1.26. The molecule has 1 atom stereocenters. The molecule has 5 nitrogen and oxygen atoms in total. The van der Waals surface area contributed by atoms with Gasteiger partial charge in [0.05, 0.1) is 16.6 Å². The number of carbonyl (C=O) groups excluding carboxylic acids is 1. The second-order valence-electron chi connectivity index (χ2n) is 6.56. The zero-order valence-electron chi connectivity index (χ0n) is 14.0. The number of nitrogens with two attached hydrogens (primary N) is 1. The van der Waals surface area contributed by atoms with Crippen LogP contribution >= 0.6 is 0 Å². The van der Waals surface area contributed by atoms with Gasteiger partial charge in [0.2, 0.25) is 5.95 Å². The molecular weight excluding hydrogens is 338 g/mol. The summed E-state index contributed by atoms with van der Waals surface area (Å²) in [6.45, 7) is 1.09. The summed E-state index contributed by atoms with van der Waals surface area (Å²) >= 11 is 0. The van der Waals surface area contributed by atoms with Crippen LogP contribution < -0.4 is 11.1 Å². The Morgan fingerprint density at radius 3 is 2.65 bits per heavy atom. The molecule has 0 aliphatic carbocycles. The van der Waals surface area contributed by atoms with Gasteiger partial charge in [-0.05, 0) is 49.2 Å². The molecule has 7 heteroatoms. The van der Waals surface area contributed by atoms with E-state index in [0.29, 0.717) is 17.7 Å². The molecule has 1 aliphatic heterocycles. The molecule has 2 heterocycles. The third-order valence-electron chi connectivity index (χ3n) is 4.87. The molecule has 1 aromatic heterocycles. The molecule has 2 aromatic carbocycles. The van der Waals surface area contributed by atoms with Crippen molar-refractivity contribution in [3.63, 3.8) is 0 Å². The molecule has 3 N–H and O–H groups in total. The quantitative estimate of drug-likeness (QED) is 0.758. The Balaban J connectivity index is 1.75. The molecule has 1 aliphatic rings. The van der Waals surface area contributed by atoms with Crippen LogP contribution in [0, 0.1) is 5.95 Å². The highest BCUT2D eigenvalue weighted by Gasteiger charge is 2.33. The van der Waals surface area contributed by atoms with Crippen LogP contribution in [0.1, 0.15) is 28.8 Å². The van der Waals surface area contributed by atoms with Gasteiger partial charge < -0.3 is 11.1 Å². The van der Waals surface area contributed by atoms with E-state index >= 15 is 4.39 Å². The highest BCUT2D eigenvalue weighted by Crippen LogP contribution is 2.33. The van der Waals surface area contributed by atoms with E-state index < -0.39 is 17.5 Å². The Labute approximate surface area is 148 Å². The van der Waals surface area contributed by atoms with Crippen LogP contribution in [0.3, 0.4) is 0 Å². The van der Waals surface area contributed by atoms with Gasteiger partial charge in [0, 0.05) is 6.54 Å². The molecule has 0 radical (unpaired) electrons. The highest BCUT2D eigenvalue weighted by atomic mass is 19.1. The number of fused-ring (bicyclic) bond motifs is 1. The van der Waals surface area contributed by atoms with Crippen LogP contribution in [0.4, 0.5) is 8.78 Å². The maximum atomic E-state index is 15.0. The van der Waals surface area contributed by atoms with Gasteiger partial charge in [-0.15, -0.1) is 0 Å². The number of hydrogen-bond donors (Lipinski definition) is 2. The van der Waals surface area contributed by atoms with Crippen molar-refractivity contribution >= 4 is 16.8 Å². The topological polar surface area (TPSA) is 72.9 Å². The van der Waals surface area contributed by atoms with Crippen molar-refractivity contribution in [2.45, 2.75) is 18.5 Å². The van der Waals surface area contributed by atoms with Gasteiger partial charge in [-0.3, -0.25) is 4.79 Å². The normalized spacial score (nSPS) is 20.4. The number of carbonyl (C=O) groups is 1. The SMILES string of the molecule is NC(=O)c1cccc2c(F)n(-c3ccc(C4(F)CCCNC4)cc3)nc12. The van der Waals surface area contributed by atoms with E-state index in [1.165, 1.54) is 6.07 Å². The first-order valence-electron chi connectivity index (χ1n) is 8.47. The molecule has 3 aromatic rings. The first-order valence-corrected chi connectivity index (χ1v) is 8.47. The van der Waals surface area contributed by atoms with Gasteiger partial charge in [0.1, 0.15) is 11.2 Å². The van der Waals surface area contributed by atoms with Crippen LogP contribution in [-0.4, -0.2) is 28.8 Å². The lowest BCUT2D eigenvalue weighted by Gasteiger charge is -2.30. The molecule has 0 spiro atoms. The van der Waals surface area contributed by atoms with Crippen molar-refractivity contribution in [1.29, 1.82) is 0 Å². The van der Waals surface area contributed by atoms with Gasteiger partial charge in [0.25, 0.3) is 5.91 Å². The summed E-state index contributed by atoms with van der Waals surface area (Å²) in [6.07, 6.45) is 1.23. The Bertz CT molecular complexity index is 975. The fraction of sp³-hybridized carbons (Fsp3) is 0.263. The number of piperidine rings is 1. The second kappa shape index (κ2) is 6.17. The van der Waals surface area contributed by atoms with Gasteiger partial charge in [-0.1, -0.05) is 18.2 Å². The molecule has 26 heavy (non-hydrogen) atoms. The number of nitrogens with zero attached hydrogens (tertiary/aromatic N) is 2. The van der Waals surface area contributed by atoms with Crippen LogP contribution in [0.5, 0.6) is 0 Å². The van der Waals surface area contributed by atoms with Crippen LogP contribution in [-0.2, 0) is 5.67 Å². The van der Waals surface area contributed by atoms with Crippen LogP contribution in [0.15, 0.2) is 42.5 Å². The summed E-state index contributed by atoms with van der Waals surface area (Å²) in [5.41, 5.74) is 5.30. The lowest BCUT2D eigenvalue weighted by molar-refractivity contribution is 0.100. The molecular formula is C19H18F2N4O. The monoisotopic (exact) mass is 356 g/mol. The number of nitrogens with one attached hydrogen (secondary N) is 1. The number of benzene rings is 2. The lowest BCUT2D eigenvalue weighted by atomic mass is 9.88. The standard InChI is InChI=1S/C19H18F2N4O/c20-17-14-3-1-4-15(18(22)26)16(14)24-25(17)13-7-5-12(6-8-13)19(21)9-2-10-23-11-19/h1,3-8,23H,2,9-11H2,(H2,22,26). The van der Waals surface area contributed by atoms with E-state index in [-0.39, 0.29) is 23.0 Å². The van der Waals surface area contributed by atoms with E-state index in [9.17, 15) is 9.18 Å². The minimum Gasteiger partial charge on any atom is -0.366 e. The molecule has 1 unspecified atom stereocenters. The molecule has 1 amide bonds. The number of halogens is 2. The average Bonchev–Trinajstić information content (AvgIpc) is 2.99. The second-order valence-corrected chi connectivity index (χ2v) is 6.56. The zero-order valence-corrected chi connectivity index (χ0v) is 14.0. The predicted molar refractivity (Wildman–Crippen MR) is 94.4 cm³/mol. The van der Waals surface area contributed by atoms with Crippen LogP contribution in [0.2, 0.25) is 0 Å². The van der Waals surface area contributed by atoms with E-state index in [0.717, 1.165) is 17.6 Å². The van der Waals surface area contributed by atoms with Crippen molar-refractivity contribution in [2.24, 2.45) is 5.73 Å². The highest BCUT2D eigenvalue weighted by molar-refractivity contribution is 6.04. The lowest BCUT2D eigenvalue weighted by Crippen LogP contribution is -2.40. The van der Waals surface area contributed by atoms with E-state index in [1.807, 2.05) is 0 Å². The largest absolute Gasteiger partial charge is 0.366 e. The predicted octanol–water partition coefficient (Wildman–Crippen LogP) is 2.81. The average molecular weight is 356 g/mol. The number of primary amides is 1. The Morgan fingerprint density at radius 2 is 2.00 bits per heavy atom. The first-order chi connectivity index (χ1) is 12.5. The Morgan fingerprint density at radius 1 is 1.23 bits per heavy atom. The molecule has 1 fully saturated rings. The van der Waals surface area contributed by atoms with Crippen molar-refractivity contribution in [2.75, 3.05) is 13.1 Å². The van der Waals surface area contributed by atoms with Gasteiger partial charge in [0.15, 0.2) is 0 Å². The maximum Gasteiger partial charge on any atom is 0.250 e. The third kappa shape index (κ3) is 2.64. The van der Waals surface area contributed by atoms with E-state index in [4.69, 9.17) is 5.73 Å². The fourth-order valence-electron chi connectivity index (χ4n) is 3.46. The number of alkyl halides is 1. The van der Waals surface area contributed by atoms with Crippen molar-refractivity contribution in [3.8, 4) is 5.69 Å². The Kier molecular flexibility index (Phi) is 3.96. The Hall–Kier alpha value is -2.80. The van der Waals surface area contributed by atoms with E-state index in [1.54, 1.807) is 36.4 Å². The van der Waals surface area contributed by atoms with Gasteiger partial charge in [-0.25, -0.2) is 9.07 Å². The van der Waals surface area contributed by atoms with Gasteiger partial charge in [-0.2, -0.15) is 9.49 Å². The first kappa shape index (κ1) is 16.7. The number of amides is 1. The van der Waals surface area contributed by atoms with Crippen molar-refractivity contribution in [1.82, 2.24) is 15.1 Å². The minimum absolute atomic E-state index is 0.160. The summed E-state index contributed by atoms with van der Waals surface area (Å²) < 4.78 is 30.9. The summed E-state index contributed by atoms with van der Waals surface area (Å²) in [5, 5.41) is 7.48. The fourth-order valence-corrected chi connectivity index (χ4v) is 3.46. The number of aromatic nitrogens is 2. The summed E-state index contributed by atoms with van der Waals surface area (Å²) in [6, 6.07) is 11.2. The summed E-state index contributed by atoms with van der Waals surface area (Å²) in [7, 11) is 0. The minimum atomic E-state index is -1.41.